The van der Waals surface area contributed by atoms with E-state index in [2.05, 4.69) is 6.07 Å². The maximum atomic E-state index is 12.0. The van der Waals surface area contributed by atoms with Gasteiger partial charge in [-0.2, -0.15) is 0 Å². The minimum absolute atomic E-state index is 0.0712. The molecule has 2 saturated carbocycles. The molecule has 146 valence electrons. The van der Waals surface area contributed by atoms with E-state index >= 15 is 0 Å². The van der Waals surface area contributed by atoms with E-state index in [0.717, 1.165) is 38.5 Å². The van der Waals surface area contributed by atoms with Crippen LogP contribution in [0.1, 0.15) is 49.1 Å². The van der Waals surface area contributed by atoms with Crippen LogP contribution in [0.5, 0.6) is 5.75 Å². The van der Waals surface area contributed by atoms with Crippen molar-refractivity contribution in [1.29, 1.82) is 0 Å². The second-order valence-electron chi connectivity index (χ2n) is 8.09. The van der Waals surface area contributed by atoms with Gasteiger partial charge in [0, 0.05) is 0 Å². The van der Waals surface area contributed by atoms with Gasteiger partial charge < -0.3 is 19.7 Å². The SMILES string of the molecule is O=C(O)COCC(=O)OC1CC[C@@H]2C1CC[C@@H]1c3ccc(O)cc3CC[C@H]12. The van der Waals surface area contributed by atoms with Gasteiger partial charge in [0.15, 0.2) is 0 Å². The highest BCUT2D eigenvalue weighted by Gasteiger charge is 2.49. The van der Waals surface area contributed by atoms with Gasteiger partial charge in [-0.3, -0.25) is 0 Å². The lowest BCUT2D eigenvalue weighted by molar-refractivity contribution is -0.159. The molecule has 6 nitrogen and oxygen atoms in total. The molecule has 0 saturated heterocycles. The molecule has 5 atom stereocenters. The third-order valence-corrected chi connectivity index (χ3v) is 6.69. The first-order valence-electron chi connectivity index (χ1n) is 9.83. The molecule has 2 fully saturated rings. The normalized spacial score (nSPS) is 31.5. The Morgan fingerprint density at radius 1 is 1.00 bits per heavy atom. The van der Waals surface area contributed by atoms with Crippen LogP contribution in [0.4, 0.5) is 0 Å². The maximum Gasteiger partial charge on any atom is 0.332 e. The summed E-state index contributed by atoms with van der Waals surface area (Å²) in [7, 11) is 0. The predicted molar refractivity (Wildman–Crippen MR) is 96.4 cm³/mol. The van der Waals surface area contributed by atoms with E-state index in [4.69, 9.17) is 14.6 Å². The van der Waals surface area contributed by atoms with Crippen molar-refractivity contribution in [2.75, 3.05) is 13.2 Å². The molecule has 2 N–H and O–H groups in total. The average Bonchev–Trinajstić information content (AvgIpc) is 3.03. The summed E-state index contributed by atoms with van der Waals surface area (Å²) < 4.78 is 10.5. The Morgan fingerprint density at radius 2 is 1.81 bits per heavy atom. The van der Waals surface area contributed by atoms with E-state index in [1.54, 1.807) is 6.07 Å². The van der Waals surface area contributed by atoms with Crippen molar-refractivity contribution < 1.29 is 29.3 Å². The number of carboxylic acid groups (broad SMARTS) is 1. The molecule has 0 spiro atoms. The minimum atomic E-state index is -1.09. The lowest BCUT2D eigenvalue weighted by Crippen LogP contribution is -2.38. The number of carbonyl (C=O) groups excluding carboxylic acids is 1. The van der Waals surface area contributed by atoms with Crippen molar-refractivity contribution in [2.45, 2.75) is 50.5 Å². The van der Waals surface area contributed by atoms with Crippen LogP contribution in [0.2, 0.25) is 0 Å². The first-order valence-corrected chi connectivity index (χ1v) is 9.83. The summed E-state index contributed by atoms with van der Waals surface area (Å²) >= 11 is 0. The molecule has 0 radical (unpaired) electrons. The molecular weight excluding hydrogens is 348 g/mol. The number of esters is 1. The predicted octanol–water partition coefficient (Wildman–Crippen LogP) is 2.87. The molecule has 27 heavy (non-hydrogen) atoms. The van der Waals surface area contributed by atoms with Crippen molar-refractivity contribution in [1.82, 2.24) is 0 Å². The zero-order chi connectivity index (χ0) is 19.0. The fourth-order valence-corrected chi connectivity index (χ4v) is 5.74. The summed E-state index contributed by atoms with van der Waals surface area (Å²) in [5.74, 6) is 0.925. The van der Waals surface area contributed by atoms with E-state index in [-0.39, 0.29) is 12.7 Å². The highest BCUT2D eigenvalue weighted by Crippen LogP contribution is 2.55. The van der Waals surface area contributed by atoms with Gasteiger partial charge in [0.2, 0.25) is 0 Å². The Balaban J connectivity index is 1.39. The Labute approximate surface area is 158 Å². The maximum absolute atomic E-state index is 12.0. The first kappa shape index (κ1) is 18.3. The number of rotatable bonds is 5. The number of aryl methyl sites for hydroxylation is 1. The van der Waals surface area contributed by atoms with Crippen molar-refractivity contribution in [3.05, 3.63) is 29.3 Å². The summed E-state index contributed by atoms with van der Waals surface area (Å²) in [5, 5.41) is 18.3. The third-order valence-electron chi connectivity index (χ3n) is 6.69. The fourth-order valence-electron chi connectivity index (χ4n) is 5.74. The summed E-state index contributed by atoms with van der Waals surface area (Å²) in [6, 6.07) is 5.80. The number of hydrogen-bond donors (Lipinski definition) is 2. The molecule has 0 heterocycles. The topological polar surface area (TPSA) is 93.1 Å². The lowest BCUT2D eigenvalue weighted by atomic mass is 9.61. The Bertz CT molecular complexity index is 729. The second kappa shape index (κ2) is 7.50. The molecule has 0 bridgehead atoms. The molecule has 2 unspecified atom stereocenters. The van der Waals surface area contributed by atoms with Crippen LogP contribution in [0.3, 0.4) is 0 Å². The van der Waals surface area contributed by atoms with Crippen LogP contribution in [-0.2, 0) is 25.5 Å². The second-order valence-corrected chi connectivity index (χ2v) is 8.09. The fraction of sp³-hybridized carbons (Fsp3) is 0.619. The van der Waals surface area contributed by atoms with E-state index in [0.29, 0.717) is 29.4 Å². The number of fused-ring (bicyclic) bond motifs is 5. The van der Waals surface area contributed by atoms with E-state index in [9.17, 15) is 14.7 Å². The minimum Gasteiger partial charge on any atom is -0.508 e. The van der Waals surface area contributed by atoms with E-state index < -0.39 is 18.5 Å². The number of aliphatic carboxylic acids is 1. The number of benzene rings is 1. The van der Waals surface area contributed by atoms with Crippen molar-refractivity contribution in [3.63, 3.8) is 0 Å². The van der Waals surface area contributed by atoms with Gasteiger partial charge >= 0.3 is 11.9 Å². The van der Waals surface area contributed by atoms with Crippen molar-refractivity contribution in [3.8, 4) is 5.75 Å². The monoisotopic (exact) mass is 374 g/mol. The van der Waals surface area contributed by atoms with E-state index in [1.165, 1.54) is 11.1 Å². The van der Waals surface area contributed by atoms with E-state index in [1.807, 2.05) is 6.07 Å². The number of phenols is 1. The van der Waals surface area contributed by atoms with Crippen LogP contribution in [0.25, 0.3) is 0 Å². The van der Waals surface area contributed by atoms with Gasteiger partial charge in [-0.15, -0.1) is 0 Å². The highest BCUT2D eigenvalue weighted by molar-refractivity contribution is 5.72. The van der Waals surface area contributed by atoms with Gasteiger partial charge in [-0.1, -0.05) is 6.07 Å². The summed E-state index contributed by atoms with van der Waals surface area (Å²) in [5.41, 5.74) is 2.68. The van der Waals surface area contributed by atoms with Gasteiger partial charge in [-0.05, 0) is 85.5 Å². The Morgan fingerprint density at radius 3 is 2.63 bits per heavy atom. The molecule has 0 aliphatic heterocycles. The Kier molecular flexibility index (Phi) is 5.08. The molecule has 0 aromatic heterocycles. The molecule has 3 aliphatic carbocycles. The lowest BCUT2D eigenvalue weighted by Gasteiger charge is -2.44. The number of ether oxygens (including phenoxy) is 2. The zero-order valence-electron chi connectivity index (χ0n) is 15.3. The summed E-state index contributed by atoms with van der Waals surface area (Å²) in [6.45, 7) is -0.784. The van der Waals surface area contributed by atoms with Crippen LogP contribution in [-0.4, -0.2) is 41.5 Å². The number of carboxylic acids is 1. The van der Waals surface area contributed by atoms with Crippen LogP contribution < -0.4 is 0 Å². The molecular formula is C21H26O6. The number of carbonyl (C=O) groups is 2. The number of hydrogen-bond acceptors (Lipinski definition) is 5. The van der Waals surface area contributed by atoms with Crippen LogP contribution in [0.15, 0.2) is 18.2 Å². The number of phenolic OH excluding ortho intramolecular Hbond substituents is 1. The standard InChI is InChI=1S/C21H26O6/c22-13-2-4-14-12(9-13)1-3-16-15(14)5-6-18-17(16)7-8-19(18)27-21(25)11-26-10-20(23)24/h2,4,9,15-19,22H,1,3,5-8,10-11H2,(H,23,24)/t15-,16-,17+,18?,19?/m1/s1. The molecule has 6 heteroatoms. The van der Waals surface area contributed by atoms with Crippen molar-refractivity contribution in [2.24, 2.45) is 17.8 Å². The highest BCUT2D eigenvalue weighted by atomic mass is 16.6. The van der Waals surface area contributed by atoms with Crippen LogP contribution >= 0.6 is 0 Å². The van der Waals surface area contributed by atoms with Gasteiger partial charge in [-0.25, -0.2) is 9.59 Å². The van der Waals surface area contributed by atoms with Crippen LogP contribution in [0, 0.1) is 17.8 Å². The largest absolute Gasteiger partial charge is 0.508 e. The smallest absolute Gasteiger partial charge is 0.332 e. The molecule has 1 aromatic rings. The Hall–Kier alpha value is -2.08. The first-order chi connectivity index (χ1) is 13.0. The third kappa shape index (κ3) is 3.68. The molecule has 1 aromatic carbocycles. The van der Waals surface area contributed by atoms with Gasteiger partial charge in [0.25, 0.3) is 0 Å². The van der Waals surface area contributed by atoms with Crippen molar-refractivity contribution >= 4 is 11.9 Å². The molecule has 4 rings (SSSR count). The van der Waals surface area contributed by atoms with Gasteiger partial charge in [0.05, 0.1) is 0 Å². The average molecular weight is 374 g/mol. The number of aromatic hydroxyl groups is 1. The molecule has 3 aliphatic rings. The summed E-state index contributed by atoms with van der Waals surface area (Å²) in [4.78, 5) is 22.4. The zero-order valence-corrected chi connectivity index (χ0v) is 15.3. The summed E-state index contributed by atoms with van der Waals surface area (Å²) in [6.07, 6.45) is 6.15. The molecule has 0 amide bonds. The van der Waals surface area contributed by atoms with Gasteiger partial charge in [0.1, 0.15) is 25.1 Å². The quantitative estimate of drug-likeness (QED) is 0.770.